The Balaban J connectivity index is 2.09. The summed E-state index contributed by atoms with van der Waals surface area (Å²) in [6.07, 6.45) is 2.12. The van der Waals surface area contributed by atoms with Crippen molar-refractivity contribution in [3.63, 3.8) is 0 Å². The minimum Gasteiger partial charge on any atom is -0.465 e. The summed E-state index contributed by atoms with van der Waals surface area (Å²) < 4.78 is 10.8. The minimum absolute atomic E-state index is 0.169. The maximum absolute atomic E-state index is 12.3. The van der Waals surface area contributed by atoms with E-state index in [4.69, 9.17) is 9.15 Å². The first-order valence-corrected chi connectivity index (χ1v) is 7.95. The lowest BCUT2D eigenvalue weighted by Gasteiger charge is -2.30. The topological polar surface area (TPSA) is 64.4 Å². The second-order valence-corrected chi connectivity index (χ2v) is 6.05. The third-order valence-corrected chi connectivity index (χ3v) is 4.81. The van der Waals surface area contributed by atoms with Crippen molar-refractivity contribution in [2.24, 2.45) is 5.92 Å². The average Bonchev–Trinajstić information content (AvgIpc) is 3.20. The molecule has 0 bridgehead atoms. The van der Waals surface area contributed by atoms with Crippen LogP contribution in [0.15, 0.2) is 9.64 Å². The molecule has 0 aromatic carbocycles. The highest BCUT2D eigenvalue weighted by Crippen LogP contribution is 2.43. The van der Waals surface area contributed by atoms with E-state index in [-0.39, 0.29) is 5.97 Å². The van der Waals surface area contributed by atoms with Crippen molar-refractivity contribution >= 4 is 17.7 Å². The van der Waals surface area contributed by atoms with Gasteiger partial charge in [-0.2, -0.15) is 0 Å². The number of esters is 1. The van der Waals surface area contributed by atoms with E-state index in [1.165, 1.54) is 11.8 Å². The maximum Gasteiger partial charge on any atom is 0.327 e. The van der Waals surface area contributed by atoms with Gasteiger partial charge in [-0.3, -0.25) is 4.79 Å². The van der Waals surface area contributed by atoms with Gasteiger partial charge in [0.05, 0.1) is 12.3 Å². The van der Waals surface area contributed by atoms with Crippen LogP contribution in [0.1, 0.15) is 31.2 Å². The average molecular weight is 298 g/mol. The summed E-state index contributed by atoms with van der Waals surface area (Å²) in [5, 5.41) is 3.80. The Morgan fingerprint density at radius 1 is 1.55 bits per heavy atom. The fourth-order valence-corrected chi connectivity index (χ4v) is 3.47. The molecule has 0 saturated heterocycles. The number of rotatable bonds is 7. The Kier molecular flexibility index (Phi) is 4.75. The maximum atomic E-state index is 12.3. The lowest BCUT2D eigenvalue weighted by atomic mass is 9.96. The molecule has 1 N–H and O–H groups in total. The van der Waals surface area contributed by atoms with Crippen molar-refractivity contribution in [1.82, 2.24) is 10.3 Å². The lowest BCUT2D eigenvalue weighted by molar-refractivity contribution is -0.150. The zero-order valence-electron chi connectivity index (χ0n) is 12.5. The van der Waals surface area contributed by atoms with E-state index in [9.17, 15) is 4.79 Å². The first-order valence-electron chi connectivity index (χ1n) is 6.96. The lowest BCUT2D eigenvalue weighted by Crippen LogP contribution is -2.55. The van der Waals surface area contributed by atoms with Crippen LogP contribution in [0.4, 0.5) is 0 Å². The van der Waals surface area contributed by atoms with Gasteiger partial charge in [0.25, 0.3) is 5.22 Å². The van der Waals surface area contributed by atoms with Gasteiger partial charge in [0.1, 0.15) is 11.3 Å². The molecular formula is C14H22N2O3S. The smallest absolute Gasteiger partial charge is 0.327 e. The van der Waals surface area contributed by atoms with Gasteiger partial charge in [0, 0.05) is 5.75 Å². The van der Waals surface area contributed by atoms with E-state index in [1.807, 2.05) is 27.8 Å². The SMILES string of the molecule is CCOC(=O)C(CSc1nc(C)c(C)o1)(NC)C1CC1. The number of ether oxygens (including phenoxy) is 1. The Labute approximate surface area is 123 Å². The van der Waals surface area contributed by atoms with Crippen LogP contribution in [0, 0.1) is 19.8 Å². The number of nitrogens with zero attached hydrogens (tertiary/aromatic N) is 1. The molecule has 0 spiro atoms. The molecule has 6 heteroatoms. The Hall–Kier alpha value is -1.01. The summed E-state index contributed by atoms with van der Waals surface area (Å²) in [5.74, 6) is 1.57. The Morgan fingerprint density at radius 3 is 2.70 bits per heavy atom. The van der Waals surface area contributed by atoms with Gasteiger partial charge < -0.3 is 14.5 Å². The third-order valence-electron chi connectivity index (χ3n) is 3.79. The quantitative estimate of drug-likeness (QED) is 0.615. The molecule has 20 heavy (non-hydrogen) atoms. The van der Waals surface area contributed by atoms with Crippen molar-refractivity contribution < 1.29 is 13.9 Å². The van der Waals surface area contributed by atoms with Crippen molar-refractivity contribution in [2.75, 3.05) is 19.4 Å². The summed E-state index contributed by atoms with van der Waals surface area (Å²) in [5.41, 5.74) is 0.266. The van der Waals surface area contributed by atoms with Crippen molar-refractivity contribution in [1.29, 1.82) is 0 Å². The van der Waals surface area contributed by atoms with Crippen LogP contribution in [0.5, 0.6) is 0 Å². The fraction of sp³-hybridized carbons (Fsp3) is 0.714. The van der Waals surface area contributed by atoms with Crippen LogP contribution in [0.25, 0.3) is 0 Å². The van der Waals surface area contributed by atoms with E-state index in [0.29, 0.717) is 23.5 Å². The molecule has 0 aliphatic heterocycles. The van der Waals surface area contributed by atoms with Crippen LogP contribution < -0.4 is 5.32 Å². The predicted molar refractivity (Wildman–Crippen MR) is 77.8 cm³/mol. The highest BCUT2D eigenvalue weighted by atomic mass is 32.2. The number of aromatic nitrogens is 1. The molecule has 1 saturated carbocycles. The van der Waals surface area contributed by atoms with Crippen LogP contribution in [0.2, 0.25) is 0 Å². The normalized spacial score (nSPS) is 17.8. The molecule has 0 radical (unpaired) electrons. The van der Waals surface area contributed by atoms with Crippen LogP contribution in [0.3, 0.4) is 0 Å². The van der Waals surface area contributed by atoms with Crippen molar-refractivity contribution in [2.45, 2.75) is 44.4 Å². The van der Waals surface area contributed by atoms with E-state index in [2.05, 4.69) is 10.3 Å². The van der Waals surface area contributed by atoms with Gasteiger partial charge in [-0.25, -0.2) is 4.98 Å². The van der Waals surface area contributed by atoms with Gasteiger partial charge in [0.15, 0.2) is 0 Å². The van der Waals surface area contributed by atoms with Gasteiger partial charge in [-0.15, -0.1) is 0 Å². The molecule has 1 aliphatic rings. The van der Waals surface area contributed by atoms with Gasteiger partial charge in [-0.05, 0) is 46.6 Å². The summed E-state index contributed by atoms with van der Waals surface area (Å²) >= 11 is 1.47. The molecule has 1 unspecified atom stereocenters. The number of aryl methyl sites for hydroxylation is 2. The highest BCUT2D eigenvalue weighted by molar-refractivity contribution is 7.99. The monoisotopic (exact) mass is 298 g/mol. The largest absolute Gasteiger partial charge is 0.465 e. The molecule has 1 aromatic rings. The second-order valence-electron chi connectivity index (χ2n) is 5.13. The Bertz CT molecular complexity index is 465. The number of oxazole rings is 1. The summed E-state index contributed by atoms with van der Waals surface area (Å²) in [7, 11) is 1.82. The fourth-order valence-electron chi connectivity index (χ4n) is 2.24. The Morgan fingerprint density at radius 2 is 2.25 bits per heavy atom. The molecule has 1 aliphatic carbocycles. The number of carbonyl (C=O) groups excluding carboxylic acids is 1. The second kappa shape index (κ2) is 6.18. The molecule has 5 nitrogen and oxygen atoms in total. The number of hydrogen-bond acceptors (Lipinski definition) is 6. The number of nitrogens with one attached hydrogen (secondary N) is 1. The summed E-state index contributed by atoms with van der Waals surface area (Å²) in [6, 6.07) is 0. The van der Waals surface area contributed by atoms with Crippen molar-refractivity contribution in [3.05, 3.63) is 11.5 Å². The summed E-state index contributed by atoms with van der Waals surface area (Å²) in [4.78, 5) is 16.7. The molecular weight excluding hydrogens is 276 g/mol. The number of hydrogen-bond donors (Lipinski definition) is 1. The minimum atomic E-state index is -0.628. The molecule has 1 atom stereocenters. The van der Waals surface area contributed by atoms with Gasteiger partial charge in [0.2, 0.25) is 0 Å². The van der Waals surface area contributed by atoms with Gasteiger partial charge in [-0.1, -0.05) is 11.8 Å². The van der Waals surface area contributed by atoms with Crippen LogP contribution >= 0.6 is 11.8 Å². The van der Waals surface area contributed by atoms with Gasteiger partial charge >= 0.3 is 5.97 Å². The first kappa shape index (κ1) is 15.4. The van der Waals surface area contributed by atoms with Crippen molar-refractivity contribution in [3.8, 4) is 0 Å². The molecule has 2 rings (SSSR count). The zero-order valence-corrected chi connectivity index (χ0v) is 13.3. The highest BCUT2D eigenvalue weighted by Gasteiger charge is 2.51. The molecule has 1 aromatic heterocycles. The van der Waals surface area contributed by atoms with E-state index in [0.717, 1.165) is 24.3 Å². The molecule has 112 valence electrons. The van der Waals surface area contributed by atoms with E-state index < -0.39 is 5.54 Å². The predicted octanol–water partition coefficient (Wildman–Crippen LogP) is 2.31. The number of likely N-dealkylation sites (N-methyl/N-ethyl adjacent to an activating group) is 1. The van der Waals surface area contributed by atoms with E-state index in [1.54, 1.807) is 0 Å². The first-order chi connectivity index (χ1) is 9.53. The molecule has 0 amide bonds. The number of thioether (sulfide) groups is 1. The summed E-state index contributed by atoms with van der Waals surface area (Å²) in [6.45, 7) is 6.04. The number of carbonyl (C=O) groups is 1. The zero-order chi connectivity index (χ0) is 14.8. The standard InChI is InChI=1S/C14H22N2O3S/c1-5-18-12(17)14(15-4,11-6-7-11)8-20-13-16-9(2)10(3)19-13/h11,15H,5-8H2,1-4H3. The molecule has 1 fully saturated rings. The van der Waals surface area contributed by atoms with Crippen LogP contribution in [-0.2, 0) is 9.53 Å². The van der Waals surface area contributed by atoms with E-state index >= 15 is 0 Å². The molecule has 1 heterocycles. The third kappa shape index (κ3) is 3.01. The van der Waals surface area contributed by atoms with Crippen LogP contribution in [-0.4, -0.2) is 35.9 Å².